The van der Waals surface area contributed by atoms with Crippen molar-refractivity contribution in [3.63, 3.8) is 0 Å². The highest BCUT2D eigenvalue weighted by molar-refractivity contribution is 5.20. The van der Waals surface area contributed by atoms with E-state index in [2.05, 4.69) is 0 Å². The Kier molecular flexibility index (Phi) is 0.776. The molecule has 0 aromatic rings. The van der Waals surface area contributed by atoms with E-state index in [1.807, 2.05) is 13.0 Å². The summed E-state index contributed by atoms with van der Waals surface area (Å²) in [5.41, 5.74) is -0.00116. The molecular weight excluding hydrogens is 116 g/mol. The van der Waals surface area contributed by atoms with Crippen molar-refractivity contribution in [3.8, 4) is 0 Å². The Balaban J connectivity index is 2.23. The van der Waals surface area contributed by atoms with Crippen molar-refractivity contribution < 1.29 is 9.84 Å². The summed E-state index contributed by atoms with van der Waals surface area (Å²) in [5.74, 6) is 0.434. The van der Waals surface area contributed by atoms with Gasteiger partial charge in [0, 0.05) is 0 Å². The second-order valence-electron chi connectivity index (χ2n) is 2.98. The summed E-state index contributed by atoms with van der Waals surface area (Å²) < 4.78 is 5.26. The predicted molar refractivity (Wildman–Crippen MR) is 33.2 cm³/mol. The number of aliphatic hydroxyl groups is 1. The first kappa shape index (κ1) is 5.30. The van der Waals surface area contributed by atoms with E-state index in [0.29, 0.717) is 5.76 Å². The fourth-order valence-electron chi connectivity index (χ4n) is 1.41. The van der Waals surface area contributed by atoms with Gasteiger partial charge in [-0.05, 0) is 25.8 Å². The molecule has 0 amide bonds. The van der Waals surface area contributed by atoms with Crippen molar-refractivity contribution in [2.24, 2.45) is 0 Å². The Hall–Kier alpha value is -0.500. The summed E-state index contributed by atoms with van der Waals surface area (Å²) in [6.45, 7) is 2.04. The molecule has 1 N–H and O–H groups in total. The normalized spacial score (nSPS) is 47.7. The summed E-state index contributed by atoms with van der Waals surface area (Å²) in [5, 5.41) is 9.12. The molecule has 0 saturated carbocycles. The van der Waals surface area contributed by atoms with Crippen LogP contribution in [0.2, 0.25) is 0 Å². The molecule has 2 rings (SSSR count). The standard InChI is InChI=1S/C7H10O2/c1-7-4-2-3-5(8)6(7)9-7/h3,6,8H,2,4H2,1H3. The largest absolute Gasteiger partial charge is 0.510 e. The zero-order chi connectivity index (χ0) is 6.48. The minimum atomic E-state index is -0.00116. The van der Waals surface area contributed by atoms with E-state index in [9.17, 15) is 0 Å². The Bertz CT molecular complexity index is 174. The lowest BCUT2D eigenvalue weighted by Gasteiger charge is -2.07. The van der Waals surface area contributed by atoms with E-state index in [1.54, 1.807) is 0 Å². The molecule has 2 unspecified atom stereocenters. The maximum Gasteiger partial charge on any atom is 0.143 e. The van der Waals surface area contributed by atoms with Crippen LogP contribution < -0.4 is 0 Å². The molecule has 2 nitrogen and oxygen atoms in total. The summed E-state index contributed by atoms with van der Waals surface area (Å²) in [6, 6.07) is 0. The van der Waals surface area contributed by atoms with Crippen molar-refractivity contribution in [3.05, 3.63) is 11.8 Å². The van der Waals surface area contributed by atoms with Crippen LogP contribution >= 0.6 is 0 Å². The zero-order valence-corrected chi connectivity index (χ0v) is 5.42. The first-order valence-electron chi connectivity index (χ1n) is 3.29. The lowest BCUT2D eigenvalue weighted by Crippen LogP contribution is -2.14. The van der Waals surface area contributed by atoms with Crippen LogP contribution in [0.25, 0.3) is 0 Å². The molecular formula is C7H10O2. The predicted octanol–water partition coefficient (Wildman–Crippen LogP) is 1.38. The smallest absolute Gasteiger partial charge is 0.143 e. The SMILES string of the molecule is CC12CCC=C(O)C1O2. The van der Waals surface area contributed by atoms with Gasteiger partial charge in [-0.25, -0.2) is 0 Å². The lowest BCUT2D eigenvalue weighted by molar-refractivity contribution is 0.292. The van der Waals surface area contributed by atoms with Crippen LogP contribution in [0.1, 0.15) is 19.8 Å². The van der Waals surface area contributed by atoms with Crippen LogP contribution in [0.4, 0.5) is 0 Å². The maximum absolute atomic E-state index is 9.12. The van der Waals surface area contributed by atoms with E-state index in [-0.39, 0.29) is 11.7 Å². The molecule has 1 saturated heterocycles. The molecule has 0 radical (unpaired) electrons. The second kappa shape index (κ2) is 1.32. The van der Waals surface area contributed by atoms with Gasteiger partial charge in [0.1, 0.15) is 17.5 Å². The molecule has 2 atom stereocenters. The number of hydrogen-bond donors (Lipinski definition) is 1. The quantitative estimate of drug-likeness (QED) is 0.497. The number of fused-ring (bicyclic) bond motifs is 1. The number of rotatable bonds is 0. The van der Waals surface area contributed by atoms with Crippen LogP contribution in [-0.4, -0.2) is 16.8 Å². The highest BCUT2D eigenvalue weighted by Crippen LogP contribution is 2.46. The van der Waals surface area contributed by atoms with Gasteiger partial charge in [0.05, 0.1) is 0 Å². The van der Waals surface area contributed by atoms with Crippen molar-refractivity contribution in [1.82, 2.24) is 0 Å². The molecule has 9 heavy (non-hydrogen) atoms. The molecule has 1 aliphatic heterocycles. The first-order valence-corrected chi connectivity index (χ1v) is 3.29. The average Bonchev–Trinajstić information content (AvgIpc) is 2.43. The third kappa shape index (κ3) is 0.597. The van der Waals surface area contributed by atoms with Crippen molar-refractivity contribution in [2.75, 3.05) is 0 Å². The van der Waals surface area contributed by atoms with Gasteiger partial charge in [0.2, 0.25) is 0 Å². The zero-order valence-electron chi connectivity index (χ0n) is 5.42. The van der Waals surface area contributed by atoms with Crippen LogP contribution in [0.3, 0.4) is 0 Å². The highest BCUT2D eigenvalue weighted by Gasteiger charge is 2.55. The number of allylic oxidation sites excluding steroid dienone is 1. The monoisotopic (exact) mass is 126 g/mol. The second-order valence-corrected chi connectivity index (χ2v) is 2.98. The number of aliphatic hydroxyl groups excluding tert-OH is 1. The van der Waals surface area contributed by atoms with Crippen molar-refractivity contribution in [1.29, 1.82) is 0 Å². The molecule has 1 fully saturated rings. The van der Waals surface area contributed by atoms with Crippen molar-refractivity contribution in [2.45, 2.75) is 31.5 Å². The molecule has 0 aromatic carbocycles. The summed E-state index contributed by atoms with van der Waals surface area (Å²) >= 11 is 0. The number of ether oxygens (including phenoxy) is 1. The van der Waals surface area contributed by atoms with Crippen LogP contribution in [0.5, 0.6) is 0 Å². The fourth-order valence-corrected chi connectivity index (χ4v) is 1.41. The molecule has 1 aliphatic carbocycles. The van der Waals surface area contributed by atoms with E-state index >= 15 is 0 Å². The summed E-state index contributed by atoms with van der Waals surface area (Å²) in [4.78, 5) is 0. The molecule has 2 aliphatic rings. The van der Waals surface area contributed by atoms with E-state index < -0.39 is 0 Å². The van der Waals surface area contributed by atoms with E-state index in [0.717, 1.165) is 12.8 Å². The molecule has 0 aromatic heterocycles. The number of epoxide rings is 1. The molecule has 50 valence electrons. The van der Waals surface area contributed by atoms with Gasteiger partial charge in [-0.1, -0.05) is 0 Å². The number of hydrogen-bond acceptors (Lipinski definition) is 2. The first-order chi connectivity index (χ1) is 4.22. The van der Waals surface area contributed by atoms with Gasteiger partial charge >= 0.3 is 0 Å². The summed E-state index contributed by atoms with van der Waals surface area (Å²) in [7, 11) is 0. The van der Waals surface area contributed by atoms with Gasteiger partial charge in [0.15, 0.2) is 0 Å². The Morgan fingerprint density at radius 1 is 1.89 bits per heavy atom. The Morgan fingerprint density at radius 3 is 3.22 bits per heavy atom. The van der Waals surface area contributed by atoms with E-state index in [4.69, 9.17) is 9.84 Å². The average molecular weight is 126 g/mol. The lowest BCUT2D eigenvalue weighted by atomic mass is 9.95. The molecule has 1 heterocycles. The molecule has 0 bridgehead atoms. The van der Waals surface area contributed by atoms with Gasteiger partial charge in [-0.15, -0.1) is 0 Å². The van der Waals surface area contributed by atoms with Crippen LogP contribution in [0, 0.1) is 0 Å². The van der Waals surface area contributed by atoms with Gasteiger partial charge < -0.3 is 9.84 Å². The van der Waals surface area contributed by atoms with Gasteiger partial charge in [-0.3, -0.25) is 0 Å². The van der Waals surface area contributed by atoms with E-state index in [1.165, 1.54) is 0 Å². The Morgan fingerprint density at radius 2 is 2.67 bits per heavy atom. The maximum atomic E-state index is 9.12. The molecule has 2 heteroatoms. The van der Waals surface area contributed by atoms with Crippen molar-refractivity contribution >= 4 is 0 Å². The van der Waals surface area contributed by atoms with Gasteiger partial charge in [0.25, 0.3) is 0 Å². The van der Waals surface area contributed by atoms with Crippen LogP contribution in [-0.2, 0) is 4.74 Å². The third-order valence-electron chi connectivity index (χ3n) is 2.15. The summed E-state index contributed by atoms with van der Waals surface area (Å²) in [6.07, 6.45) is 3.89. The minimum absolute atomic E-state index is 0.00116. The fraction of sp³-hybridized carbons (Fsp3) is 0.714. The topological polar surface area (TPSA) is 32.8 Å². The molecule has 0 spiro atoms. The van der Waals surface area contributed by atoms with Crippen LogP contribution in [0.15, 0.2) is 11.8 Å². The minimum Gasteiger partial charge on any atom is -0.510 e. The highest BCUT2D eigenvalue weighted by atomic mass is 16.6. The third-order valence-corrected chi connectivity index (χ3v) is 2.15. The van der Waals surface area contributed by atoms with Gasteiger partial charge in [-0.2, -0.15) is 0 Å². The Labute approximate surface area is 54.1 Å².